The first kappa shape index (κ1) is 19.1. The van der Waals surface area contributed by atoms with Crippen LogP contribution >= 0.6 is 0 Å². The third-order valence-corrected chi connectivity index (χ3v) is 4.32. The maximum absolute atomic E-state index is 5.23. The molecule has 3 aromatic rings. The SMILES string of the molecule is CCOC.COc1ccn2c(-c3cncc(NC4CCNC4)n3)cnc2c1. The Morgan fingerprint density at radius 2 is 2.15 bits per heavy atom. The zero-order valence-electron chi connectivity index (χ0n) is 16.0. The van der Waals surface area contributed by atoms with Gasteiger partial charge in [0.05, 0.1) is 31.4 Å². The van der Waals surface area contributed by atoms with Crippen LogP contribution in [0.25, 0.3) is 17.0 Å². The molecule has 8 nitrogen and oxygen atoms in total. The summed E-state index contributed by atoms with van der Waals surface area (Å²) in [5, 5.41) is 6.76. The number of imidazole rings is 1. The van der Waals surface area contributed by atoms with Crippen molar-refractivity contribution in [1.82, 2.24) is 24.7 Å². The number of pyridine rings is 1. The second kappa shape index (κ2) is 9.29. The van der Waals surface area contributed by atoms with Crippen molar-refractivity contribution in [2.75, 3.05) is 39.2 Å². The van der Waals surface area contributed by atoms with Crippen molar-refractivity contribution in [3.8, 4) is 17.1 Å². The molecule has 4 heterocycles. The van der Waals surface area contributed by atoms with Gasteiger partial charge in [-0.25, -0.2) is 9.97 Å². The molecular formula is C19H26N6O2. The normalized spacial score (nSPS) is 16.0. The highest BCUT2D eigenvalue weighted by atomic mass is 16.5. The summed E-state index contributed by atoms with van der Waals surface area (Å²) >= 11 is 0. The molecule has 1 unspecified atom stereocenters. The first-order chi connectivity index (χ1) is 13.2. The molecule has 144 valence electrons. The van der Waals surface area contributed by atoms with Crippen LogP contribution in [0.1, 0.15) is 13.3 Å². The first-order valence-electron chi connectivity index (χ1n) is 9.04. The van der Waals surface area contributed by atoms with Gasteiger partial charge < -0.3 is 20.1 Å². The quantitative estimate of drug-likeness (QED) is 0.712. The van der Waals surface area contributed by atoms with Gasteiger partial charge in [0.15, 0.2) is 0 Å². The van der Waals surface area contributed by atoms with E-state index in [2.05, 4.69) is 30.3 Å². The van der Waals surface area contributed by atoms with E-state index in [-0.39, 0.29) is 0 Å². The van der Waals surface area contributed by atoms with Crippen LogP contribution in [0.15, 0.2) is 36.9 Å². The number of hydrogen-bond acceptors (Lipinski definition) is 7. The van der Waals surface area contributed by atoms with Gasteiger partial charge in [-0.05, 0) is 26.0 Å². The number of rotatable bonds is 5. The number of hydrogen-bond donors (Lipinski definition) is 2. The minimum Gasteiger partial charge on any atom is -0.497 e. The summed E-state index contributed by atoms with van der Waals surface area (Å²) in [4.78, 5) is 13.4. The summed E-state index contributed by atoms with van der Waals surface area (Å²) in [5.74, 6) is 1.57. The Labute approximate surface area is 159 Å². The Hall–Kier alpha value is -2.71. The number of methoxy groups -OCH3 is 2. The summed E-state index contributed by atoms with van der Waals surface area (Å²) in [6.45, 7) is 4.78. The fourth-order valence-corrected chi connectivity index (χ4v) is 2.82. The molecule has 4 rings (SSSR count). The summed E-state index contributed by atoms with van der Waals surface area (Å²) in [5.41, 5.74) is 2.52. The first-order valence-corrected chi connectivity index (χ1v) is 9.04. The highest BCUT2D eigenvalue weighted by Crippen LogP contribution is 2.22. The molecule has 0 amide bonds. The maximum Gasteiger partial charge on any atom is 0.145 e. The van der Waals surface area contributed by atoms with E-state index in [0.29, 0.717) is 6.04 Å². The van der Waals surface area contributed by atoms with Crippen molar-refractivity contribution in [3.05, 3.63) is 36.9 Å². The summed E-state index contributed by atoms with van der Waals surface area (Å²) < 4.78 is 11.8. The molecule has 2 N–H and O–H groups in total. The molecule has 3 aromatic heterocycles. The summed E-state index contributed by atoms with van der Waals surface area (Å²) in [6, 6.07) is 4.20. The fourth-order valence-electron chi connectivity index (χ4n) is 2.82. The molecule has 0 radical (unpaired) electrons. The number of nitrogens with one attached hydrogen (secondary N) is 2. The van der Waals surface area contributed by atoms with Crippen LogP contribution in [0, 0.1) is 0 Å². The Morgan fingerprint density at radius 1 is 1.30 bits per heavy atom. The molecular weight excluding hydrogens is 344 g/mol. The predicted octanol–water partition coefficient (Wildman–Crippen LogP) is 2.23. The van der Waals surface area contributed by atoms with Gasteiger partial charge in [0.2, 0.25) is 0 Å². The van der Waals surface area contributed by atoms with Gasteiger partial charge in [0, 0.05) is 38.6 Å². The van der Waals surface area contributed by atoms with Gasteiger partial charge >= 0.3 is 0 Å². The number of nitrogens with zero attached hydrogens (tertiary/aromatic N) is 4. The topological polar surface area (TPSA) is 85.6 Å². The van der Waals surface area contributed by atoms with E-state index in [0.717, 1.165) is 54.7 Å². The van der Waals surface area contributed by atoms with Crippen LogP contribution < -0.4 is 15.4 Å². The van der Waals surface area contributed by atoms with Crippen molar-refractivity contribution in [2.24, 2.45) is 0 Å². The molecule has 27 heavy (non-hydrogen) atoms. The van der Waals surface area contributed by atoms with Gasteiger partial charge in [-0.15, -0.1) is 0 Å². The largest absolute Gasteiger partial charge is 0.497 e. The summed E-state index contributed by atoms with van der Waals surface area (Å²) in [6.07, 6.45) is 8.35. The van der Waals surface area contributed by atoms with Crippen molar-refractivity contribution >= 4 is 11.5 Å². The van der Waals surface area contributed by atoms with Crippen molar-refractivity contribution in [3.63, 3.8) is 0 Å². The number of anilines is 1. The second-order valence-corrected chi connectivity index (χ2v) is 6.14. The van der Waals surface area contributed by atoms with Gasteiger partial charge in [0.1, 0.15) is 22.9 Å². The van der Waals surface area contributed by atoms with Gasteiger partial charge in [-0.1, -0.05) is 0 Å². The molecule has 0 aliphatic carbocycles. The molecule has 0 spiro atoms. The highest BCUT2D eigenvalue weighted by molar-refractivity contribution is 5.61. The molecule has 1 aliphatic heterocycles. The second-order valence-electron chi connectivity index (χ2n) is 6.14. The lowest BCUT2D eigenvalue weighted by Crippen LogP contribution is -2.22. The van der Waals surface area contributed by atoms with Crippen molar-refractivity contribution < 1.29 is 9.47 Å². The van der Waals surface area contributed by atoms with Crippen LogP contribution in [-0.2, 0) is 4.74 Å². The van der Waals surface area contributed by atoms with Crippen LogP contribution in [-0.4, -0.2) is 59.3 Å². The maximum atomic E-state index is 5.23. The van der Waals surface area contributed by atoms with Gasteiger partial charge in [0.25, 0.3) is 0 Å². The third-order valence-electron chi connectivity index (χ3n) is 4.32. The molecule has 0 saturated carbocycles. The van der Waals surface area contributed by atoms with Crippen molar-refractivity contribution in [2.45, 2.75) is 19.4 Å². The zero-order valence-corrected chi connectivity index (χ0v) is 16.0. The van der Waals surface area contributed by atoms with E-state index in [1.54, 1.807) is 32.8 Å². The average Bonchev–Trinajstić information content (AvgIpc) is 3.37. The predicted molar refractivity (Wildman–Crippen MR) is 105 cm³/mol. The zero-order chi connectivity index (χ0) is 19.1. The minimum absolute atomic E-state index is 0.408. The lowest BCUT2D eigenvalue weighted by molar-refractivity contribution is 0.215. The molecule has 0 bridgehead atoms. The van der Waals surface area contributed by atoms with E-state index < -0.39 is 0 Å². The third kappa shape index (κ3) is 4.72. The lowest BCUT2D eigenvalue weighted by Gasteiger charge is -2.12. The van der Waals surface area contributed by atoms with E-state index in [1.807, 2.05) is 29.7 Å². The van der Waals surface area contributed by atoms with Crippen LogP contribution in [0.4, 0.5) is 5.82 Å². The van der Waals surface area contributed by atoms with E-state index >= 15 is 0 Å². The van der Waals surface area contributed by atoms with E-state index in [4.69, 9.17) is 4.74 Å². The summed E-state index contributed by atoms with van der Waals surface area (Å²) in [7, 11) is 3.33. The molecule has 1 atom stereocenters. The smallest absolute Gasteiger partial charge is 0.145 e. The Kier molecular flexibility index (Phi) is 6.56. The van der Waals surface area contributed by atoms with Crippen molar-refractivity contribution in [1.29, 1.82) is 0 Å². The standard InChI is InChI=1S/C16H18N6O.C3H8O/c1-23-12-3-5-22-14(9-19-16(22)6-12)13-8-18-10-15(21-13)20-11-2-4-17-7-11;1-3-4-2/h3,5-6,8-11,17H,2,4,7H2,1H3,(H,20,21);3H2,1-2H3. The van der Waals surface area contributed by atoms with E-state index in [1.165, 1.54) is 0 Å². The average molecular weight is 370 g/mol. The fraction of sp³-hybridized carbons (Fsp3) is 0.421. The van der Waals surface area contributed by atoms with E-state index in [9.17, 15) is 0 Å². The Balaban J connectivity index is 0.000000481. The Morgan fingerprint density at radius 3 is 2.85 bits per heavy atom. The highest BCUT2D eigenvalue weighted by Gasteiger charge is 2.15. The molecule has 0 aromatic carbocycles. The number of aromatic nitrogens is 4. The monoisotopic (exact) mass is 370 g/mol. The Bertz CT molecular complexity index is 858. The molecule has 1 aliphatic rings. The molecule has 1 saturated heterocycles. The van der Waals surface area contributed by atoms with Crippen LogP contribution in [0.5, 0.6) is 5.75 Å². The number of fused-ring (bicyclic) bond motifs is 1. The minimum atomic E-state index is 0.408. The van der Waals surface area contributed by atoms with Crippen LogP contribution in [0.3, 0.4) is 0 Å². The molecule has 1 fully saturated rings. The number of ether oxygens (including phenoxy) is 2. The van der Waals surface area contributed by atoms with Gasteiger partial charge in [-0.2, -0.15) is 0 Å². The lowest BCUT2D eigenvalue weighted by atomic mass is 10.2. The molecule has 8 heteroatoms. The van der Waals surface area contributed by atoms with Gasteiger partial charge in [-0.3, -0.25) is 9.38 Å². The van der Waals surface area contributed by atoms with Crippen LogP contribution in [0.2, 0.25) is 0 Å².